The second kappa shape index (κ2) is 3.63. The van der Waals surface area contributed by atoms with Crippen LogP contribution in [0, 0.1) is 5.82 Å². The molecule has 0 amide bonds. The SMILES string of the molecule is Fc1cccc(C2CCn3ccnc3N2)c1. The maximum Gasteiger partial charge on any atom is 0.203 e. The van der Waals surface area contributed by atoms with Gasteiger partial charge in [0.1, 0.15) is 5.82 Å². The quantitative estimate of drug-likeness (QED) is 0.795. The van der Waals surface area contributed by atoms with E-state index in [-0.39, 0.29) is 11.9 Å². The van der Waals surface area contributed by atoms with Gasteiger partial charge in [-0.25, -0.2) is 9.37 Å². The average Bonchev–Trinajstić information content (AvgIpc) is 2.75. The molecule has 2 heterocycles. The fraction of sp³-hybridized carbons (Fsp3) is 0.250. The highest BCUT2D eigenvalue weighted by atomic mass is 19.1. The molecule has 0 radical (unpaired) electrons. The zero-order chi connectivity index (χ0) is 11.0. The smallest absolute Gasteiger partial charge is 0.203 e. The fourth-order valence-electron chi connectivity index (χ4n) is 2.10. The molecule has 4 heteroatoms. The van der Waals surface area contributed by atoms with Crippen LogP contribution in [-0.4, -0.2) is 9.55 Å². The highest BCUT2D eigenvalue weighted by molar-refractivity contribution is 5.35. The second-order valence-corrected chi connectivity index (χ2v) is 3.98. The summed E-state index contributed by atoms with van der Waals surface area (Å²) in [6.07, 6.45) is 4.67. The lowest BCUT2D eigenvalue weighted by Gasteiger charge is -2.25. The molecule has 1 aliphatic rings. The van der Waals surface area contributed by atoms with Gasteiger partial charge in [-0.3, -0.25) is 0 Å². The van der Waals surface area contributed by atoms with Gasteiger partial charge in [-0.15, -0.1) is 0 Å². The molecule has 0 aliphatic carbocycles. The summed E-state index contributed by atoms with van der Waals surface area (Å²) in [4.78, 5) is 4.21. The Hall–Kier alpha value is -1.84. The van der Waals surface area contributed by atoms with Gasteiger partial charge in [-0.1, -0.05) is 12.1 Å². The van der Waals surface area contributed by atoms with Crippen LogP contribution < -0.4 is 5.32 Å². The van der Waals surface area contributed by atoms with E-state index in [9.17, 15) is 4.39 Å². The van der Waals surface area contributed by atoms with Gasteiger partial charge in [-0.05, 0) is 24.1 Å². The molecule has 1 atom stereocenters. The van der Waals surface area contributed by atoms with Crippen LogP contribution in [0.3, 0.4) is 0 Å². The normalized spacial score (nSPS) is 18.9. The van der Waals surface area contributed by atoms with Crippen molar-refractivity contribution in [3.63, 3.8) is 0 Å². The molecule has 3 rings (SSSR count). The summed E-state index contributed by atoms with van der Waals surface area (Å²) >= 11 is 0. The number of nitrogens with zero attached hydrogens (tertiary/aromatic N) is 2. The molecule has 2 aromatic rings. The standard InChI is InChI=1S/C12H12FN3/c13-10-3-1-2-9(8-10)11-4-6-16-7-5-14-12(16)15-11/h1-3,5,7-8,11H,4,6H2,(H,14,15). The maximum absolute atomic E-state index is 13.1. The Balaban J connectivity index is 1.88. The first kappa shape index (κ1) is 9.39. The first-order valence-electron chi connectivity index (χ1n) is 5.36. The van der Waals surface area contributed by atoms with Gasteiger partial charge in [0.25, 0.3) is 0 Å². The molecule has 1 N–H and O–H groups in total. The summed E-state index contributed by atoms with van der Waals surface area (Å²) in [5.41, 5.74) is 0.981. The summed E-state index contributed by atoms with van der Waals surface area (Å²) < 4.78 is 15.2. The Morgan fingerprint density at radius 1 is 1.44 bits per heavy atom. The molecule has 0 saturated heterocycles. The number of nitrogens with one attached hydrogen (secondary N) is 1. The van der Waals surface area contributed by atoms with Gasteiger partial charge in [0.2, 0.25) is 5.95 Å². The molecule has 1 unspecified atom stereocenters. The number of halogens is 1. The molecule has 0 bridgehead atoms. The van der Waals surface area contributed by atoms with Crippen molar-refractivity contribution in [2.45, 2.75) is 19.0 Å². The van der Waals surface area contributed by atoms with E-state index in [1.807, 2.05) is 12.3 Å². The van der Waals surface area contributed by atoms with Crippen molar-refractivity contribution in [1.29, 1.82) is 0 Å². The zero-order valence-corrected chi connectivity index (χ0v) is 8.73. The largest absolute Gasteiger partial charge is 0.349 e. The number of benzene rings is 1. The van der Waals surface area contributed by atoms with Gasteiger partial charge in [0.15, 0.2) is 0 Å². The van der Waals surface area contributed by atoms with Gasteiger partial charge < -0.3 is 9.88 Å². The highest BCUT2D eigenvalue weighted by Crippen LogP contribution is 2.27. The van der Waals surface area contributed by atoms with Crippen LogP contribution in [0.25, 0.3) is 0 Å². The molecule has 3 nitrogen and oxygen atoms in total. The van der Waals surface area contributed by atoms with Crippen molar-refractivity contribution in [3.05, 3.63) is 48.0 Å². The average molecular weight is 217 g/mol. The predicted octanol–water partition coefficient (Wildman–Crippen LogP) is 2.58. The number of imidazole rings is 1. The summed E-state index contributed by atoms with van der Waals surface area (Å²) in [6, 6.07) is 6.89. The molecule has 1 aromatic carbocycles. The number of fused-ring (bicyclic) bond motifs is 1. The van der Waals surface area contributed by atoms with Crippen molar-refractivity contribution in [2.24, 2.45) is 0 Å². The topological polar surface area (TPSA) is 29.9 Å². The van der Waals surface area contributed by atoms with E-state index in [1.165, 1.54) is 6.07 Å². The molecule has 1 aliphatic heterocycles. The molecule has 0 spiro atoms. The fourth-order valence-corrected chi connectivity index (χ4v) is 2.10. The van der Waals surface area contributed by atoms with Crippen LogP contribution in [-0.2, 0) is 6.54 Å². The van der Waals surface area contributed by atoms with E-state index in [1.54, 1.807) is 18.3 Å². The Bertz CT molecular complexity index is 506. The van der Waals surface area contributed by atoms with Crippen LogP contribution >= 0.6 is 0 Å². The number of anilines is 1. The highest BCUT2D eigenvalue weighted by Gasteiger charge is 2.19. The maximum atomic E-state index is 13.1. The first-order chi connectivity index (χ1) is 7.83. The summed E-state index contributed by atoms with van der Waals surface area (Å²) in [5, 5.41) is 3.31. The van der Waals surface area contributed by atoms with Crippen LogP contribution in [0.15, 0.2) is 36.7 Å². The van der Waals surface area contributed by atoms with Crippen molar-refractivity contribution >= 4 is 5.95 Å². The lowest BCUT2D eigenvalue weighted by atomic mass is 10.0. The molecule has 1 aromatic heterocycles. The van der Waals surface area contributed by atoms with E-state index in [0.717, 1.165) is 24.5 Å². The van der Waals surface area contributed by atoms with Crippen molar-refractivity contribution in [1.82, 2.24) is 9.55 Å². The van der Waals surface area contributed by atoms with Crippen LogP contribution in [0.5, 0.6) is 0 Å². The minimum absolute atomic E-state index is 0.158. The van der Waals surface area contributed by atoms with E-state index >= 15 is 0 Å². The Morgan fingerprint density at radius 3 is 3.25 bits per heavy atom. The number of aryl methyl sites for hydroxylation is 1. The molecule has 82 valence electrons. The number of rotatable bonds is 1. The van der Waals surface area contributed by atoms with E-state index in [4.69, 9.17) is 0 Å². The Labute approximate surface area is 92.9 Å². The van der Waals surface area contributed by atoms with Crippen molar-refractivity contribution in [2.75, 3.05) is 5.32 Å². The third kappa shape index (κ3) is 1.56. The third-order valence-electron chi connectivity index (χ3n) is 2.93. The Kier molecular flexibility index (Phi) is 2.13. The van der Waals surface area contributed by atoms with Gasteiger partial charge >= 0.3 is 0 Å². The monoisotopic (exact) mass is 217 g/mol. The first-order valence-corrected chi connectivity index (χ1v) is 5.36. The van der Waals surface area contributed by atoms with Crippen molar-refractivity contribution < 1.29 is 4.39 Å². The van der Waals surface area contributed by atoms with Crippen LogP contribution in [0.4, 0.5) is 10.3 Å². The van der Waals surface area contributed by atoms with E-state index < -0.39 is 0 Å². The van der Waals surface area contributed by atoms with Gasteiger partial charge in [0.05, 0.1) is 6.04 Å². The summed E-state index contributed by atoms with van der Waals surface area (Å²) in [6.45, 7) is 0.920. The van der Waals surface area contributed by atoms with Crippen molar-refractivity contribution in [3.8, 4) is 0 Å². The lowest BCUT2D eigenvalue weighted by Crippen LogP contribution is -2.21. The molecular formula is C12H12FN3. The number of hydrogen-bond acceptors (Lipinski definition) is 2. The zero-order valence-electron chi connectivity index (χ0n) is 8.73. The number of hydrogen-bond donors (Lipinski definition) is 1. The van der Waals surface area contributed by atoms with Gasteiger partial charge in [0, 0.05) is 18.9 Å². The van der Waals surface area contributed by atoms with Crippen LogP contribution in [0.2, 0.25) is 0 Å². The molecular weight excluding hydrogens is 205 g/mol. The van der Waals surface area contributed by atoms with Gasteiger partial charge in [-0.2, -0.15) is 0 Å². The summed E-state index contributed by atoms with van der Waals surface area (Å²) in [7, 11) is 0. The van der Waals surface area contributed by atoms with E-state index in [2.05, 4.69) is 14.9 Å². The Morgan fingerprint density at radius 2 is 2.38 bits per heavy atom. The van der Waals surface area contributed by atoms with Crippen LogP contribution in [0.1, 0.15) is 18.0 Å². The minimum Gasteiger partial charge on any atom is -0.349 e. The molecule has 16 heavy (non-hydrogen) atoms. The molecule has 0 fully saturated rings. The predicted molar refractivity (Wildman–Crippen MR) is 59.6 cm³/mol. The third-order valence-corrected chi connectivity index (χ3v) is 2.93. The minimum atomic E-state index is -0.187. The molecule has 0 saturated carbocycles. The lowest BCUT2D eigenvalue weighted by molar-refractivity contribution is 0.538. The summed E-state index contributed by atoms with van der Waals surface area (Å²) in [5.74, 6) is 0.675. The number of aromatic nitrogens is 2. The van der Waals surface area contributed by atoms with E-state index in [0.29, 0.717) is 0 Å². The second-order valence-electron chi connectivity index (χ2n) is 3.98.